The molecule has 0 aromatic heterocycles. The van der Waals surface area contributed by atoms with Crippen molar-refractivity contribution in [2.75, 3.05) is 0 Å². The number of ether oxygens (including phenoxy) is 1. The molecule has 0 aliphatic rings. The molecular formula is C9H11O2S+. The van der Waals surface area contributed by atoms with Gasteiger partial charge in [0.25, 0.3) is 4.90 Å². The van der Waals surface area contributed by atoms with Crippen molar-refractivity contribution in [2.45, 2.75) is 24.8 Å². The molecule has 0 unspecified atom stereocenters. The maximum absolute atomic E-state index is 10.4. The normalized spacial score (nSPS) is 9.92. The highest BCUT2D eigenvalue weighted by atomic mass is 32.1. The highest BCUT2D eigenvalue weighted by Gasteiger charge is 2.07. The van der Waals surface area contributed by atoms with Crippen LogP contribution >= 0.6 is 0 Å². The third kappa shape index (κ3) is 2.58. The lowest BCUT2D eigenvalue weighted by atomic mass is 10.3. The first kappa shape index (κ1) is 9.13. The quantitative estimate of drug-likeness (QED) is 0.672. The molecule has 0 atom stereocenters. The smallest absolute Gasteiger partial charge is 0.491 e. The molecular weight excluding hydrogens is 172 g/mol. The van der Waals surface area contributed by atoms with Crippen LogP contribution in [-0.4, -0.2) is 6.10 Å². The van der Waals surface area contributed by atoms with Gasteiger partial charge in [-0.25, -0.2) is 0 Å². The number of hydrogen-bond donors (Lipinski definition) is 0. The van der Waals surface area contributed by atoms with Crippen LogP contribution in [0.3, 0.4) is 0 Å². The second-order valence-corrected chi connectivity index (χ2v) is 3.36. The van der Waals surface area contributed by atoms with Gasteiger partial charge in [0, 0.05) is 10.3 Å². The summed E-state index contributed by atoms with van der Waals surface area (Å²) in [5.74, 6) is 0.755. The summed E-state index contributed by atoms with van der Waals surface area (Å²) < 4.78 is 15.8. The Hall–Kier alpha value is -0.960. The van der Waals surface area contributed by atoms with E-state index >= 15 is 0 Å². The molecule has 1 aromatic carbocycles. The second-order valence-electron chi connectivity index (χ2n) is 2.72. The van der Waals surface area contributed by atoms with Crippen LogP contribution in [0.15, 0.2) is 29.2 Å². The van der Waals surface area contributed by atoms with Crippen LogP contribution in [0.2, 0.25) is 0 Å². The Morgan fingerprint density at radius 3 is 2.75 bits per heavy atom. The van der Waals surface area contributed by atoms with E-state index < -0.39 is 0 Å². The molecule has 1 rings (SSSR count). The van der Waals surface area contributed by atoms with Gasteiger partial charge in [-0.1, -0.05) is 6.07 Å². The summed E-state index contributed by atoms with van der Waals surface area (Å²) in [7, 11) is 0. The molecule has 64 valence electrons. The van der Waals surface area contributed by atoms with E-state index in [0.29, 0.717) is 16.6 Å². The standard InChI is InChI=1S/C9H11O2S/c1-7(2)11-8-4-3-5-9(6-8)12-10/h3-7H,1-2H3/q+1. The van der Waals surface area contributed by atoms with Crippen LogP contribution in [-0.2, 0) is 15.9 Å². The molecule has 0 amide bonds. The Balaban J connectivity index is 2.79. The Morgan fingerprint density at radius 2 is 2.17 bits per heavy atom. The summed E-state index contributed by atoms with van der Waals surface area (Å²) >= 11 is 0.480. The highest BCUT2D eigenvalue weighted by molar-refractivity contribution is 7.65. The first-order chi connectivity index (χ1) is 5.72. The summed E-state index contributed by atoms with van der Waals surface area (Å²) in [5, 5.41) is 0. The maximum Gasteiger partial charge on any atom is 0.505 e. The largest absolute Gasteiger partial charge is 0.505 e. The van der Waals surface area contributed by atoms with Crippen molar-refractivity contribution >= 4 is 11.7 Å². The van der Waals surface area contributed by atoms with Gasteiger partial charge >= 0.3 is 11.7 Å². The molecule has 0 saturated carbocycles. The van der Waals surface area contributed by atoms with E-state index in [1.54, 1.807) is 12.1 Å². The van der Waals surface area contributed by atoms with Crippen LogP contribution in [0.4, 0.5) is 0 Å². The van der Waals surface area contributed by atoms with Crippen molar-refractivity contribution in [3.05, 3.63) is 24.3 Å². The third-order valence-corrected chi connectivity index (χ3v) is 1.72. The van der Waals surface area contributed by atoms with Crippen LogP contribution in [0, 0.1) is 0 Å². The van der Waals surface area contributed by atoms with Gasteiger partial charge in [-0.3, -0.25) is 0 Å². The summed E-state index contributed by atoms with van der Waals surface area (Å²) in [6.45, 7) is 3.91. The van der Waals surface area contributed by atoms with Gasteiger partial charge in [-0.05, 0) is 19.9 Å². The van der Waals surface area contributed by atoms with Crippen molar-refractivity contribution < 1.29 is 8.95 Å². The van der Waals surface area contributed by atoms with Gasteiger partial charge in [-0.15, -0.1) is 0 Å². The predicted octanol–water partition coefficient (Wildman–Crippen LogP) is 2.26. The molecule has 0 spiro atoms. The van der Waals surface area contributed by atoms with E-state index in [9.17, 15) is 4.21 Å². The average Bonchev–Trinajstić information content (AvgIpc) is 2.03. The lowest BCUT2D eigenvalue weighted by molar-refractivity contribution is 0.242. The van der Waals surface area contributed by atoms with E-state index in [1.807, 2.05) is 26.0 Å². The van der Waals surface area contributed by atoms with E-state index in [4.69, 9.17) is 4.74 Å². The van der Waals surface area contributed by atoms with Crippen LogP contribution in [0.5, 0.6) is 5.75 Å². The lowest BCUT2D eigenvalue weighted by Gasteiger charge is -2.07. The van der Waals surface area contributed by atoms with Gasteiger partial charge in [0.05, 0.1) is 12.2 Å². The zero-order valence-corrected chi connectivity index (χ0v) is 7.93. The third-order valence-electron chi connectivity index (χ3n) is 1.27. The molecule has 0 saturated heterocycles. The van der Waals surface area contributed by atoms with E-state index in [2.05, 4.69) is 0 Å². The van der Waals surface area contributed by atoms with Crippen LogP contribution in [0.1, 0.15) is 13.8 Å². The summed E-state index contributed by atoms with van der Waals surface area (Å²) in [6, 6.07) is 7.18. The monoisotopic (exact) mass is 183 g/mol. The van der Waals surface area contributed by atoms with Gasteiger partial charge in [0.1, 0.15) is 5.75 Å². The average molecular weight is 183 g/mol. The number of benzene rings is 1. The van der Waals surface area contributed by atoms with Gasteiger partial charge in [0.15, 0.2) is 0 Å². The molecule has 0 N–H and O–H groups in total. The van der Waals surface area contributed by atoms with E-state index in [1.165, 1.54) is 0 Å². The fourth-order valence-corrected chi connectivity index (χ4v) is 1.17. The molecule has 12 heavy (non-hydrogen) atoms. The minimum atomic E-state index is 0.150. The van der Waals surface area contributed by atoms with Crippen molar-refractivity contribution in [2.24, 2.45) is 0 Å². The van der Waals surface area contributed by atoms with Crippen molar-refractivity contribution in [1.82, 2.24) is 0 Å². The van der Waals surface area contributed by atoms with E-state index in [-0.39, 0.29) is 6.10 Å². The topological polar surface area (TPSA) is 26.3 Å². The molecule has 0 aliphatic carbocycles. The molecule has 0 radical (unpaired) electrons. The second kappa shape index (κ2) is 4.16. The van der Waals surface area contributed by atoms with Crippen LogP contribution in [0.25, 0.3) is 0 Å². The first-order valence-corrected chi connectivity index (χ1v) is 4.53. The zero-order chi connectivity index (χ0) is 8.97. The predicted molar refractivity (Wildman–Crippen MR) is 48.5 cm³/mol. The minimum Gasteiger partial charge on any atom is -0.491 e. The molecule has 3 heteroatoms. The summed E-state index contributed by atoms with van der Waals surface area (Å²) in [5.41, 5.74) is 0. The Kier molecular flexibility index (Phi) is 3.17. The first-order valence-electron chi connectivity index (χ1n) is 3.79. The van der Waals surface area contributed by atoms with Gasteiger partial charge in [0.2, 0.25) is 0 Å². The Bertz CT molecular complexity index is 271. The Labute approximate surface area is 76.0 Å². The van der Waals surface area contributed by atoms with Crippen LogP contribution < -0.4 is 4.74 Å². The summed E-state index contributed by atoms with van der Waals surface area (Å²) in [6.07, 6.45) is 0.150. The maximum atomic E-state index is 10.4. The SMILES string of the molecule is CC(C)Oc1cccc([S+]=O)c1. The van der Waals surface area contributed by atoms with Crippen molar-refractivity contribution in [1.29, 1.82) is 0 Å². The van der Waals surface area contributed by atoms with Gasteiger partial charge in [-0.2, -0.15) is 0 Å². The molecule has 0 bridgehead atoms. The van der Waals surface area contributed by atoms with Crippen molar-refractivity contribution in [3.63, 3.8) is 0 Å². The lowest BCUT2D eigenvalue weighted by Crippen LogP contribution is -2.05. The van der Waals surface area contributed by atoms with E-state index in [0.717, 1.165) is 5.75 Å². The zero-order valence-electron chi connectivity index (χ0n) is 7.11. The van der Waals surface area contributed by atoms with Crippen molar-refractivity contribution in [3.8, 4) is 5.75 Å². The number of hydrogen-bond acceptors (Lipinski definition) is 2. The fourth-order valence-electron chi connectivity index (χ4n) is 0.872. The fraction of sp³-hybridized carbons (Fsp3) is 0.333. The molecule has 0 aliphatic heterocycles. The molecule has 0 heterocycles. The number of rotatable bonds is 3. The minimum absolute atomic E-state index is 0.150. The molecule has 1 aromatic rings. The summed E-state index contributed by atoms with van der Waals surface area (Å²) in [4.78, 5) is 0.688. The van der Waals surface area contributed by atoms with Gasteiger partial charge < -0.3 is 4.74 Å². The highest BCUT2D eigenvalue weighted by Crippen LogP contribution is 2.14. The molecule has 0 fully saturated rings. The Morgan fingerprint density at radius 1 is 1.42 bits per heavy atom. The molecule has 2 nitrogen and oxygen atoms in total.